The van der Waals surface area contributed by atoms with Crippen LogP contribution < -0.4 is 15.5 Å². The fourth-order valence-electron chi connectivity index (χ4n) is 3.61. The third kappa shape index (κ3) is 5.32. The molecule has 3 aromatic rings. The first kappa shape index (κ1) is 21.2. The fraction of sp³-hybridized carbons (Fsp3) is 0.261. The smallest absolute Gasteiger partial charge is 0.191 e. The molecule has 0 saturated carbocycles. The average molecular weight is 501 g/mol. The molecule has 0 saturated heterocycles. The van der Waals surface area contributed by atoms with Crippen molar-refractivity contribution in [2.75, 3.05) is 31.6 Å². The van der Waals surface area contributed by atoms with Crippen LogP contribution in [-0.4, -0.2) is 37.6 Å². The van der Waals surface area contributed by atoms with E-state index in [0.29, 0.717) is 0 Å². The Hall–Kier alpha value is -2.48. The van der Waals surface area contributed by atoms with Gasteiger partial charge < -0.3 is 20.5 Å². The number of aromatic nitrogens is 1. The van der Waals surface area contributed by atoms with Crippen molar-refractivity contribution in [3.05, 3.63) is 78.0 Å². The molecule has 0 spiro atoms. The molecule has 0 fully saturated rings. The van der Waals surface area contributed by atoms with Crippen molar-refractivity contribution in [1.29, 1.82) is 0 Å². The zero-order valence-corrected chi connectivity index (χ0v) is 19.0. The molecule has 0 unspecified atom stereocenters. The molecule has 3 N–H and O–H groups in total. The molecule has 1 aliphatic rings. The molecular weight excluding hydrogens is 473 g/mol. The molecule has 1 aromatic heterocycles. The topological polar surface area (TPSA) is 55.5 Å². The van der Waals surface area contributed by atoms with Crippen LogP contribution in [0.3, 0.4) is 0 Å². The minimum Gasteiger partial charge on any atom is -0.364 e. The highest BCUT2D eigenvalue weighted by atomic mass is 127. The van der Waals surface area contributed by atoms with Gasteiger partial charge in [0.2, 0.25) is 0 Å². The Morgan fingerprint density at radius 3 is 2.72 bits per heavy atom. The summed E-state index contributed by atoms with van der Waals surface area (Å²) < 4.78 is 0. The minimum absolute atomic E-state index is 0. The molecule has 2 heterocycles. The number of hydrogen-bond acceptors (Lipinski definition) is 2. The van der Waals surface area contributed by atoms with Crippen LogP contribution in [0.25, 0.3) is 10.9 Å². The number of fused-ring (bicyclic) bond motifs is 1. The van der Waals surface area contributed by atoms with Crippen LogP contribution >= 0.6 is 24.0 Å². The fourth-order valence-corrected chi connectivity index (χ4v) is 3.61. The summed E-state index contributed by atoms with van der Waals surface area (Å²) in [4.78, 5) is 10.0. The highest BCUT2D eigenvalue weighted by Crippen LogP contribution is 2.19. The van der Waals surface area contributed by atoms with Gasteiger partial charge in [-0.1, -0.05) is 42.5 Å². The van der Waals surface area contributed by atoms with Gasteiger partial charge in [-0.3, -0.25) is 4.99 Å². The van der Waals surface area contributed by atoms with Crippen molar-refractivity contribution in [2.45, 2.75) is 13.0 Å². The van der Waals surface area contributed by atoms with Gasteiger partial charge in [0.1, 0.15) is 0 Å². The quantitative estimate of drug-likeness (QED) is 0.207. The van der Waals surface area contributed by atoms with Crippen LogP contribution in [0, 0.1) is 0 Å². The second-order valence-corrected chi connectivity index (χ2v) is 7.01. The van der Waals surface area contributed by atoms with E-state index in [1.807, 2.05) is 7.05 Å². The molecule has 29 heavy (non-hydrogen) atoms. The standard InChI is InChI=1S/C23H27N5.HI/c1-24-23(25-12-11-19-17-26-22-10-3-2-9-21(19)22)27-16-18-7-6-8-20(15-18)28-13-4-5-14-28;/h2-10,15,17,26H,11-14,16H2,1H3,(H2,24,25,27);1H. The van der Waals surface area contributed by atoms with Gasteiger partial charge >= 0.3 is 0 Å². The van der Waals surface area contributed by atoms with Crippen molar-refractivity contribution in [1.82, 2.24) is 15.6 Å². The minimum atomic E-state index is 0. The Balaban J connectivity index is 0.00000240. The van der Waals surface area contributed by atoms with Crippen molar-refractivity contribution < 1.29 is 0 Å². The van der Waals surface area contributed by atoms with E-state index in [9.17, 15) is 0 Å². The molecular formula is C23H28IN5. The van der Waals surface area contributed by atoms with E-state index in [0.717, 1.165) is 38.6 Å². The van der Waals surface area contributed by atoms with E-state index in [1.54, 1.807) is 0 Å². The number of halogens is 1. The summed E-state index contributed by atoms with van der Waals surface area (Å²) in [7, 11) is 1.81. The Kier molecular flexibility index (Phi) is 7.57. The zero-order chi connectivity index (χ0) is 19.2. The van der Waals surface area contributed by atoms with Crippen LogP contribution in [0.15, 0.2) is 71.9 Å². The van der Waals surface area contributed by atoms with E-state index in [4.69, 9.17) is 0 Å². The number of aliphatic imine (C=N–C) groups is 1. The molecule has 152 valence electrons. The van der Waals surface area contributed by atoms with Gasteiger partial charge in [-0.25, -0.2) is 0 Å². The highest BCUT2D eigenvalue weighted by molar-refractivity contribution is 14.0. The monoisotopic (exact) mass is 501 g/mol. The molecule has 6 heteroatoms. The second kappa shape index (κ2) is 10.3. The van der Waals surface area contributed by atoms with Crippen molar-refractivity contribution in [3.8, 4) is 0 Å². The van der Waals surface area contributed by atoms with Gasteiger partial charge in [0.05, 0.1) is 0 Å². The van der Waals surface area contributed by atoms with Crippen LogP contribution in [0.1, 0.15) is 11.1 Å². The van der Waals surface area contributed by atoms with Crippen molar-refractivity contribution in [3.63, 3.8) is 0 Å². The largest absolute Gasteiger partial charge is 0.364 e. The Morgan fingerprint density at radius 1 is 1.07 bits per heavy atom. The maximum absolute atomic E-state index is 4.35. The Bertz CT molecular complexity index is 984. The first-order chi connectivity index (χ1) is 13.8. The number of nitrogens with one attached hydrogen (secondary N) is 3. The summed E-state index contributed by atoms with van der Waals surface area (Å²) in [5.41, 5.74) is 5.04. The maximum Gasteiger partial charge on any atom is 0.191 e. The van der Waals surface area contributed by atoms with Gasteiger partial charge in [0.25, 0.3) is 0 Å². The average Bonchev–Trinajstić information content (AvgIpc) is 3.41. The highest BCUT2D eigenvalue weighted by Gasteiger charge is 2.08. The molecule has 0 aliphatic carbocycles. The van der Waals surface area contributed by atoms with Gasteiger partial charge in [0.15, 0.2) is 5.96 Å². The van der Waals surface area contributed by atoms with Crippen LogP contribution in [0.4, 0.5) is 5.69 Å². The lowest BCUT2D eigenvalue weighted by molar-refractivity contribution is 0.796. The van der Waals surface area contributed by atoms with Gasteiger partial charge in [-0.2, -0.15) is 0 Å². The number of H-pyrrole nitrogens is 1. The zero-order valence-electron chi connectivity index (χ0n) is 16.7. The molecule has 0 amide bonds. The number of para-hydroxylation sites is 1. The van der Waals surface area contributed by atoms with E-state index in [-0.39, 0.29) is 24.0 Å². The number of anilines is 1. The van der Waals surface area contributed by atoms with E-state index in [1.165, 1.54) is 27.7 Å². The van der Waals surface area contributed by atoms with E-state index in [2.05, 4.69) is 92.4 Å². The maximum atomic E-state index is 4.35. The van der Waals surface area contributed by atoms with Crippen LogP contribution in [0.5, 0.6) is 0 Å². The lowest BCUT2D eigenvalue weighted by Gasteiger charge is -2.19. The first-order valence-electron chi connectivity index (χ1n) is 9.82. The Morgan fingerprint density at radius 2 is 1.90 bits per heavy atom. The van der Waals surface area contributed by atoms with Crippen molar-refractivity contribution >= 4 is 46.5 Å². The van der Waals surface area contributed by atoms with Gasteiger partial charge in [-0.15, -0.1) is 24.0 Å². The molecule has 0 bridgehead atoms. The molecule has 0 radical (unpaired) electrons. The predicted octanol–water partition coefficient (Wildman–Crippen LogP) is 4.07. The number of aromatic amines is 1. The third-order valence-electron chi connectivity index (χ3n) is 5.14. The molecule has 4 rings (SSSR count). The summed E-state index contributed by atoms with van der Waals surface area (Å²) in [5, 5.41) is 8.13. The van der Waals surface area contributed by atoms with Crippen molar-refractivity contribution in [2.24, 2.45) is 4.99 Å². The van der Waals surface area contributed by atoms with Gasteiger partial charge in [0, 0.05) is 56.0 Å². The molecule has 1 aliphatic heterocycles. The predicted molar refractivity (Wildman–Crippen MR) is 133 cm³/mol. The molecule has 2 aromatic carbocycles. The van der Waals surface area contributed by atoms with E-state index >= 15 is 0 Å². The number of hydrogen-bond donors (Lipinski definition) is 3. The third-order valence-corrected chi connectivity index (χ3v) is 5.14. The summed E-state index contributed by atoms with van der Waals surface area (Å²) in [6.45, 7) is 3.57. The SMILES string of the molecule is CN=C(NCCc1c[nH]c2ccccc12)NCc1cccc(N2CC=CC2)c1.I. The summed E-state index contributed by atoms with van der Waals surface area (Å²) in [6, 6.07) is 17.1. The summed E-state index contributed by atoms with van der Waals surface area (Å²) in [5.74, 6) is 0.827. The normalized spacial score (nSPS) is 13.6. The molecule has 0 atom stereocenters. The lowest BCUT2D eigenvalue weighted by Crippen LogP contribution is -2.37. The molecule has 5 nitrogen and oxygen atoms in total. The number of benzene rings is 2. The van der Waals surface area contributed by atoms with Crippen LogP contribution in [0.2, 0.25) is 0 Å². The summed E-state index contributed by atoms with van der Waals surface area (Å²) in [6.07, 6.45) is 7.47. The Labute approximate surface area is 189 Å². The number of rotatable bonds is 6. The van der Waals surface area contributed by atoms with Crippen LogP contribution in [-0.2, 0) is 13.0 Å². The lowest BCUT2D eigenvalue weighted by atomic mass is 10.1. The number of guanidine groups is 1. The summed E-state index contributed by atoms with van der Waals surface area (Å²) >= 11 is 0. The van der Waals surface area contributed by atoms with E-state index < -0.39 is 0 Å². The second-order valence-electron chi connectivity index (χ2n) is 7.01. The van der Waals surface area contributed by atoms with Gasteiger partial charge in [-0.05, 0) is 35.7 Å². The number of nitrogens with zero attached hydrogens (tertiary/aromatic N) is 2. The first-order valence-corrected chi connectivity index (χ1v) is 9.82.